The van der Waals surface area contributed by atoms with E-state index in [1.165, 1.54) is 5.56 Å². The quantitative estimate of drug-likeness (QED) is 0.262. The van der Waals surface area contributed by atoms with Gasteiger partial charge in [0.1, 0.15) is 5.01 Å². The molecule has 0 aliphatic rings. The molecule has 2 aromatic heterocycles. The van der Waals surface area contributed by atoms with Crippen LogP contribution in [0.2, 0.25) is 0 Å². The van der Waals surface area contributed by atoms with Crippen LogP contribution >= 0.6 is 39.7 Å². The summed E-state index contributed by atoms with van der Waals surface area (Å²) in [5.41, 5.74) is 9.19. The summed E-state index contributed by atoms with van der Waals surface area (Å²) in [6.07, 6.45) is 0. The van der Waals surface area contributed by atoms with Crippen molar-refractivity contribution in [3.8, 4) is 21.8 Å². The van der Waals surface area contributed by atoms with E-state index in [1.54, 1.807) is 22.7 Å². The molecule has 0 saturated heterocycles. The predicted molar refractivity (Wildman–Crippen MR) is 126 cm³/mol. The van der Waals surface area contributed by atoms with Gasteiger partial charge in [-0.2, -0.15) is 5.10 Å². The summed E-state index contributed by atoms with van der Waals surface area (Å²) in [6, 6.07) is 18.5. The maximum Gasteiger partial charge on any atom is 0.203 e. The molecular weight excluding hydrogens is 452 g/mol. The molecule has 2 heterocycles. The van der Waals surface area contributed by atoms with Gasteiger partial charge in [-0.3, -0.25) is 5.43 Å². The fraction of sp³-hybridized carbons (Fsp3) is 0.0952. The first-order valence-corrected chi connectivity index (χ1v) is 10.3. The number of aryl methyl sites for hydroxylation is 1. The van der Waals surface area contributed by atoms with Crippen LogP contribution in [0.25, 0.3) is 21.8 Å². The number of aromatic nitrogens is 2. The third kappa shape index (κ3) is 4.73. The highest BCUT2D eigenvalue weighted by molar-refractivity contribution is 8.93. The van der Waals surface area contributed by atoms with Gasteiger partial charge < -0.3 is 0 Å². The highest BCUT2D eigenvalue weighted by atomic mass is 79.9. The van der Waals surface area contributed by atoms with Crippen LogP contribution in [0.15, 0.2) is 70.5 Å². The van der Waals surface area contributed by atoms with Crippen molar-refractivity contribution >= 4 is 50.5 Å². The van der Waals surface area contributed by atoms with E-state index in [0.717, 1.165) is 38.4 Å². The molecule has 0 atom stereocenters. The average molecular weight is 471 g/mol. The Balaban J connectivity index is 0.00000225. The topological polar surface area (TPSA) is 50.2 Å². The third-order valence-corrected chi connectivity index (χ3v) is 5.70. The zero-order chi connectivity index (χ0) is 18.6. The molecule has 7 heteroatoms. The molecule has 4 nitrogen and oxygen atoms in total. The maximum atomic E-state index is 4.68. The molecule has 0 amide bonds. The Kier molecular flexibility index (Phi) is 6.72. The summed E-state index contributed by atoms with van der Waals surface area (Å²) < 4.78 is 0. The zero-order valence-corrected chi connectivity index (χ0v) is 18.8. The maximum absolute atomic E-state index is 4.68. The molecule has 0 radical (unpaired) electrons. The fourth-order valence-corrected chi connectivity index (χ4v) is 4.06. The largest absolute Gasteiger partial charge is 0.252 e. The van der Waals surface area contributed by atoms with Crippen molar-refractivity contribution in [1.82, 2.24) is 9.97 Å². The minimum absolute atomic E-state index is 0. The second kappa shape index (κ2) is 9.23. The van der Waals surface area contributed by atoms with Gasteiger partial charge >= 0.3 is 0 Å². The number of hydrogen-bond donors (Lipinski definition) is 1. The first-order chi connectivity index (χ1) is 13.2. The lowest BCUT2D eigenvalue weighted by Crippen LogP contribution is -2.00. The van der Waals surface area contributed by atoms with E-state index in [9.17, 15) is 0 Å². The SMILES string of the molecule is Br.CC(=NNc1nc(-c2ccc(C)cc2)cs1)c1csc(-c2ccccc2)n1. The van der Waals surface area contributed by atoms with Crippen LogP contribution in [0.1, 0.15) is 18.2 Å². The van der Waals surface area contributed by atoms with Crippen molar-refractivity contribution in [3.05, 3.63) is 76.6 Å². The third-order valence-electron chi connectivity index (χ3n) is 4.07. The summed E-state index contributed by atoms with van der Waals surface area (Å²) in [7, 11) is 0. The van der Waals surface area contributed by atoms with Crippen molar-refractivity contribution in [3.63, 3.8) is 0 Å². The molecule has 0 spiro atoms. The summed E-state index contributed by atoms with van der Waals surface area (Å²) in [5.74, 6) is 0. The van der Waals surface area contributed by atoms with Crippen LogP contribution in [-0.4, -0.2) is 15.7 Å². The molecule has 1 N–H and O–H groups in total. The van der Waals surface area contributed by atoms with Gasteiger partial charge in [0.05, 0.1) is 17.1 Å². The Labute approximate surface area is 182 Å². The first-order valence-electron chi connectivity index (χ1n) is 8.53. The monoisotopic (exact) mass is 470 g/mol. The average Bonchev–Trinajstić information content (AvgIpc) is 3.37. The molecule has 0 fully saturated rings. The summed E-state index contributed by atoms with van der Waals surface area (Å²) in [4.78, 5) is 9.30. The van der Waals surface area contributed by atoms with Gasteiger partial charge in [-0.25, -0.2) is 9.97 Å². The highest BCUT2D eigenvalue weighted by Crippen LogP contribution is 2.26. The summed E-state index contributed by atoms with van der Waals surface area (Å²) in [6.45, 7) is 4.03. The van der Waals surface area contributed by atoms with E-state index in [0.29, 0.717) is 0 Å². The van der Waals surface area contributed by atoms with Crippen LogP contribution in [-0.2, 0) is 0 Å². The minimum atomic E-state index is 0. The number of nitrogens with zero attached hydrogens (tertiary/aromatic N) is 3. The summed E-state index contributed by atoms with van der Waals surface area (Å²) >= 11 is 3.16. The van der Waals surface area contributed by atoms with Gasteiger partial charge in [0, 0.05) is 21.9 Å². The van der Waals surface area contributed by atoms with Crippen molar-refractivity contribution < 1.29 is 0 Å². The second-order valence-corrected chi connectivity index (χ2v) is 7.83. The van der Waals surface area contributed by atoms with Crippen LogP contribution in [0.5, 0.6) is 0 Å². The van der Waals surface area contributed by atoms with E-state index in [-0.39, 0.29) is 17.0 Å². The van der Waals surface area contributed by atoms with Crippen molar-refractivity contribution in [1.29, 1.82) is 0 Å². The number of thiazole rings is 2. The highest BCUT2D eigenvalue weighted by Gasteiger charge is 2.08. The lowest BCUT2D eigenvalue weighted by molar-refractivity contribution is 1.25. The normalized spacial score (nSPS) is 11.1. The zero-order valence-electron chi connectivity index (χ0n) is 15.4. The molecule has 28 heavy (non-hydrogen) atoms. The van der Waals surface area contributed by atoms with Crippen molar-refractivity contribution in [2.75, 3.05) is 5.43 Å². The molecule has 142 valence electrons. The molecule has 0 aliphatic heterocycles. The number of anilines is 1. The van der Waals surface area contributed by atoms with Gasteiger partial charge in [0.15, 0.2) is 0 Å². The lowest BCUT2D eigenvalue weighted by Gasteiger charge is -1.99. The van der Waals surface area contributed by atoms with Crippen LogP contribution in [0.3, 0.4) is 0 Å². The first kappa shape index (κ1) is 20.4. The Hall–Kier alpha value is -2.35. The molecule has 0 aliphatic carbocycles. The number of rotatable bonds is 5. The number of hydrazone groups is 1. The van der Waals surface area contributed by atoms with E-state index in [1.807, 2.05) is 35.9 Å². The van der Waals surface area contributed by atoms with Gasteiger partial charge in [-0.1, -0.05) is 60.2 Å². The second-order valence-electron chi connectivity index (χ2n) is 6.12. The number of benzene rings is 2. The smallest absolute Gasteiger partial charge is 0.203 e. The van der Waals surface area contributed by atoms with E-state index < -0.39 is 0 Å². The minimum Gasteiger partial charge on any atom is -0.252 e. The van der Waals surface area contributed by atoms with Crippen molar-refractivity contribution in [2.45, 2.75) is 13.8 Å². The van der Waals surface area contributed by atoms with E-state index in [2.05, 4.69) is 63.8 Å². The van der Waals surface area contributed by atoms with Crippen LogP contribution in [0.4, 0.5) is 5.13 Å². The Bertz CT molecular complexity index is 1070. The molecule has 0 saturated carbocycles. The number of halogens is 1. The Morgan fingerprint density at radius 3 is 2.39 bits per heavy atom. The number of hydrogen-bond acceptors (Lipinski definition) is 6. The van der Waals surface area contributed by atoms with Gasteiger partial charge in [-0.15, -0.1) is 39.7 Å². The molecule has 0 bridgehead atoms. The Morgan fingerprint density at radius 2 is 1.64 bits per heavy atom. The molecule has 4 aromatic rings. The number of nitrogens with one attached hydrogen (secondary N) is 1. The van der Waals surface area contributed by atoms with Gasteiger partial charge in [-0.05, 0) is 13.8 Å². The van der Waals surface area contributed by atoms with Crippen LogP contribution < -0.4 is 5.43 Å². The van der Waals surface area contributed by atoms with E-state index in [4.69, 9.17) is 0 Å². The Morgan fingerprint density at radius 1 is 0.893 bits per heavy atom. The fourth-order valence-electron chi connectivity index (χ4n) is 2.52. The standard InChI is InChI=1S/C21H18N4S2.BrH/c1-14-8-10-16(11-9-14)19-13-27-21(23-19)25-24-15(2)18-12-26-20(22-18)17-6-4-3-5-7-17;/h3-13H,1-2H3,(H,23,25);1H. The van der Waals surface area contributed by atoms with Gasteiger partial charge in [0.25, 0.3) is 0 Å². The van der Waals surface area contributed by atoms with Crippen LogP contribution in [0, 0.1) is 6.92 Å². The predicted octanol–water partition coefficient (Wildman–Crippen LogP) is 6.66. The molecule has 0 unspecified atom stereocenters. The van der Waals surface area contributed by atoms with E-state index >= 15 is 0 Å². The van der Waals surface area contributed by atoms with Crippen molar-refractivity contribution in [2.24, 2.45) is 5.10 Å². The van der Waals surface area contributed by atoms with Gasteiger partial charge in [0.2, 0.25) is 5.13 Å². The molecular formula is C21H19BrN4S2. The molecule has 4 rings (SSSR count). The molecule has 2 aromatic carbocycles. The summed E-state index contributed by atoms with van der Waals surface area (Å²) in [5, 5.41) is 10.3. The lowest BCUT2D eigenvalue weighted by atomic mass is 10.1.